The summed E-state index contributed by atoms with van der Waals surface area (Å²) in [6.45, 7) is -0.196. The van der Waals surface area contributed by atoms with Crippen molar-refractivity contribution >= 4 is 0 Å². The van der Waals surface area contributed by atoms with Crippen molar-refractivity contribution in [3.63, 3.8) is 0 Å². The summed E-state index contributed by atoms with van der Waals surface area (Å²) in [5, 5.41) is 18.2. The molecule has 0 bridgehead atoms. The van der Waals surface area contributed by atoms with Gasteiger partial charge >= 0.3 is 0 Å². The van der Waals surface area contributed by atoms with E-state index in [-0.39, 0.29) is 6.61 Å². The fourth-order valence-corrected chi connectivity index (χ4v) is 1.26. The first-order chi connectivity index (χ1) is 5.69. The van der Waals surface area contributed by atoms with Crippen molar-refractivity contribution in [2.45, 2.75) is 31.0 Å². The standard InChI is InChI=1S/C7H15NO4/c1-11-6-2-4(10)7(8)5(3-9)12-6/h4-7,9-10H,2-3,8H2,1H3/t4-,5-,6+,7+/m1/s1. The largest absolute Gasteiger partial charge is 0.394 e. The molecule has 1 fully saturated rings. The average Bonchev–Trinajstić information content (AvgIpc) is 2.09. The van der Waals surface area contributed by atoms with Crippen molar-refractivity contribution in [3.05, 3.63) is 0 Å². The Bertz CT molecular complexity index is 143. The number of methoxy groups -OCH3 is 1. The lowest BCUT2D eigenvalue weighted by molar-refractivity contribution is -0.217. The van der Waals surface area contributed by atoms with Crippen molar-refractivity contribution in [3.8, 4) is 0 Å². The van der Waals surface area contributed by atoms with Crippen LogP contribution in [0.15, 0.2) is 0 Å². The van der Waals surface area contributed by atoms with Crippen molar-refractivity contribution in [1.29, 1.82) is 0 Å². The quantitative estimate of drug-likeness (QED) is 0.474. The predicted octanol–water partition coefficient (Wildman–Crippen LogP) is -1.57. The zero-order valence-corrected chi connectivity index (χ0v) is 7.01. The number of hydrogen-bond acceptors (Lipinski definition) is 5. The summed E-state index contributed by atoms with van der Waals surface area (Å²) >= 11 is 0. The second-order valence-electron chi connectivity index (χ2n) is 2.90. The molecule has 0 aromatic carbocycles. The van der Waals surface area contributed by atoms with E-state index in [1.54, 1.807) is 0 Å². The van der Waals surface area contributed by atoms with Crippen LogP contribution < -0.4 is 5.73 Å². The molecule has 1 rings (SSSR count). The van der Waals surface area contributed by atoms with E-state index in [0.717, 1.165) is 0 Å². The van der Waals surface area contributed by atoms with Gasteiger partial charge in [-0.3, -0.25) is 0 Å². The van der Waals surface area contributed by atoms with Gasteiger partial charge in [0.1, 0.15) is 6.10 Å². The zero-order valence-electron chi connectivity index (χ0n) is 7.01. The van der Waals surface area contributed by atoms with Gasteiger partial charge in [-0.1, -0.05) is 0 Å². The third-order valence-corrected chi connectivity index (χ3v) is 2.08. The van der Waals surface area contributed by atoms with Gasteiger partial charge in [-0.05, 0) is 0 Å². The molecule has 0 amide bonds. The molecule has 0 aromatic rings. The van der Waals surface area contributed by atoms with Gasteiger partial charge in [0.15, 0.2) is 6.29 Å². The second kappa shape index (κ2) is 4.15. The Morgan fingerprint density at radius 3 is 2.83 bits per heavy atom. The Balaban J connectivity index is 2.52. The number of aliphatic hydroxyl groups is 2. The number of rotatable bonds is 2. The highest BCUT2D eigenvalue weighted by Crippen LogP contribution is 2.18. The molecular weight excluding hydrogens is 162 g/mol. The molecule has 0 aromatic heterocycles. The summed E-state index contributed by atoms with van der Waals surface area (Å²) < 4.78 is 10.1. The minimum absolute atomic E-state index is 0.196. The van der Waals surface area contributed by atoms with E-state index >= 15 is 0 Å². The lowest BCUT2D eigenvalue weighted by atomic mass is 10.00. The molecule has 12 heavy (non-hydrogen) atoms. The maximum atomic E-state index is 9.38. The molecule has 5 heteroatoms. The molecule has 0 saturated carbocycles. The second-order valence-corrected chi connectivity index (χ2v) is 2.90. The van der Waals surface area contributed by atoms with Gasteiger partial charge in [0.2, 0.25) is 0 Å². The molecule has 1 heterocycles. The molecule has 0 unspecified atom stereocenters. The van der Waals surface area contributed by atoms with Crippen LogP contribution in [0.1, 0.15) is 6.42 Å². The highest BCUT2D eigenvalue weighted by atomic mass is 16.7. The van der Waals surface area contributed by atoms with Gasteiger partial charge in [0, 0.05) is 13.5 Å². The highest BCUT2D eigenvalue weighted by Gasteiger charge is 2.34. The lowest BCUT2D eigenvalue weighted by Gasteiger charge is -2.36. The summed E-state index contributed by atoms with van der Waals surface area (Å²) in [6.07, 6.45) is -1.30. The molecule has 0 radical (unpaired) electrons. The Morgan fingerprint density at radius 1 is 1.67 bits per heavy atom. The number of aliphatic hydroxyl groups excluding tert-OH is 2. The molecule has 1 aliphatic rings. The van der Waals surface area contributed by atoms with Gasteiger partial charge in [-0.25, -0.2) is 0 Å². The maximum Gasteiger partial charge on any atom is 0.160 e. The fraction of sp³-hybridized carbons (Fsp3) is 1.00. The van der Waals surface area contributed by atoms with Crippen LogP contribution >= 0.6 is 0 Å². The number of hydrogen-bond donors (Lipinski definition) is 3. The minimum atomic E-state index is -0.666. The van der Waals surface area contributed by atoms with Crippen molar-refractivity contribution in [2.75, 3.05) is 13.7 Å². The average molecular weight is 177 g/mol. The molecule has 0 aliphatic carbocycles. The van der Waals surface area contributed by atoms with E-state index in [9.17, 15) is 5.11 Å². The van der Waals surface area contributed by atoms with Crippen molar-refractivity contribution < 1.29 is 19.7 Å². The summed E-state index contributed by atoms with van der Waals surface area (Å²) in [7, 11) is 1.49. The van der Waals surface area contributed by atoms with Crippen LogP contribution in [-0.2, 0) is 9.47 Å². The predicted molar refractivity (Wildman–Crippen MR) is 41.4 cm³/mol. The number of ether oxygens (including phenoxy) is 2. The van der Waals surface area contributed by atoms with Crippen LogP contribution in [-0.4, -0.2) is 48.5 Å². The molecule has 4 atom stereocenters. The van der Waals surface area contributed by atoms with E-state index in [4.69, 9.17) is 20.3 Å². The van der Waals surface area contributed by atoms with Crippen LogP contribution in [0.25, 0.3) is 0 Å². The normalized spacial score (nSPS) is 43.0. The molecule has 4 N–H and O–H groups in total. The van der Waals surface area contributed by atoms with Crippen LogP contribution in [0.3, 0.4) is 0 Å². The van der Waals surface area contributed by atoms with E-state index in [2.05, 4.69) is 0 Å². The Hall–Kier alpha value is -0.200. The topological polar surface area (TPSA) is 84.9 Å². The van der Waals surface area contributed by atoms with Gasteiger partial charge in [0.25, 0.3) is 0 Å². The first-order valence-corrected chi connectivity index (χ1v) is 3.91. The lowest BCUT2D eigenvalue weighted by Crippen LogP contribution is -2.54. The first kappa shape index (κ1) is 9.88. The summed E-state index contributed by atoms with van der Waals surface area (Å²) in [4.78, 5) is 0. The monoisotopic (exact) mass is 177 g/mol. The molecule has 72 valence electrons. The summed E-state index contributed by atoms with van der Waals surface area (Å²) in [5.74, 6) is 0. The van der Waals surface area contributed by atoms with E-state index in [1.165, 1.54) is 7.11 Å². The van der Waals surface area contributed by atoms with Crippen molar-refractivity contribution in [2.24, 2.45) is 5.73 Å². The Labute approximate surface area is 71.1 Å². The van der Waals surface area contributed by atoms with Crippen LogP contribution in [0, 0.1) is 0 Å². The summed E-state index contributed by atoms with van der Waals surface area (Å²) in [6, 6.07) is -0.526. The number of nitrogens with two attached hydrogens (primary N) is 1. The first-order valence-electron chi connectivity index (χ1n) is 3.91. The van der Waals surface area contributed by atoms with Crippen LogP contribution in [0.2, 0.25) is 0 Å². The molecule has 1 saturated heterocycles. The van der Waals surface area contributed by atoms with Crippen LogP contribution in [0.5, 0.6) is 0 Å². The maximum absolute atomic E-state index is 9.38. The highest BCUT2D eigenvalue weighted by molar-refractivity contribution is 4.85. The van der Waals surface area contributed by atoms with E-state index < -0.39 is 24.5 Å². The molecule has 0 spiro atoms. The van der Waals surface area contributed by atoms with Crippen molar-refractivity contribution in [1.82, 2.24) is 0 Å². The molecular formula is C7H15NO4. The zero-order chi connectivity index (χ0) is 9.14. The minimum Gasteiger partial charge on any atom is -0.394 e. The van der Waals surface area contributed by atoms with E-state index in [0.29, 0.717) is 6.42 Å². The molecule has 1 aliphatic heterocycles. The third-order valence-electron chi connectivity index (χ3n) is 2.08. The Morgan fingerprint density at radius 2 is 2.33 bits per heavy atom. The SMILES string of the molecule is CO[C@@H]1C[C@@H](O)[C@H](N)[C@@H](CO)O1. The fourth-order valence-electron chi connectivity index (χ4n) is 1.26. The van der Waals surface area contributed by atoms with E-state index in [1.807, 2.05) is 0 Å². The third kappa shape index (κ3) is 1.94. The van der Waals surface area contributed by atoms with Gasteiger partial charge in [-0.2, -0.15) is 0 Å². The van der Waals surface area contributed by atoms with Gasteiger partial charge < -0.3 is 25.4 Å². The van der Waals surface area contributed by atoms with Crippen LogP contribution in [0.4, 0.5) is 0 Å². The Kier molecular flexibility index (Phi) is 3.42. The smallest absolute Gasteiger partial charge is 0.160 e. The molecule has 5 nitrogen and oxygen atoms in total. The van der Waals surface area contributed by atoms with Gasteiger partial charge in [0.05, 0.1) is 18.8 Å². The summed E-state index contributed by atoms with van der Waals surface area (Å²) in [5.41, 5.74) is 5.56. The van der Waals surface area contributed by atoms with Gasteiger partial charge in [-0.15, -0.1) is 0 Å².